The van der Waals surface area contributed by atoms with E-state index in [1.165, 1.54) is 122 Å². The first-order valence-corrected chi connectivity index (χ1v) is 17.0. The molecule has 0 aliphatic rings. The molecule has 0 fully saturated rings. The van der Waals surface area contributed by atoms with Gasteiger partial charge < -0.3 is 0 Å². The molecule has 0 N–H and O–H groups in total. The summed E-state index contributed by atoms with van der Waals surface area (Å²) >= 11 is 0. The van der Waals surface area contributed by atoms with Crippen molar-refractivity contribution in [2.24, 2.45) is 0 Å². The second-order valence-corrected chi connectivity index (χ2v) is 12.3. The second kappa shape index (κ2) is 23.3. The van der Waals surface area contributed by atoms with Gasteiger partial charge in [-0.2, -0.15) is 8.42 Å². The largest absolute Gasteiger partial charge is 0.297 e. The first kappa shape index (κ1) is 33.2. The maximum Gasteiger partial charge on any atom is 0.297 e. The highest BCUT2D eigenvalue weighted by Gasteiger charge is 2.18. The van der Waals surface area contributed by atoms with E-state index in [-0.39, 0.29) is 0 Å². The molecule has 4 heteroatoms. The predicted molar refractivity (Wildman–Crippen MR) is 156 cm³/mol. The normalized spacial score (nSPS) is 11.8. The molecule has 0 amide bonds. The Kier molecular flexibility index (Phi) is 21.4. The van der Waals surface area contributed by atoms with Gasteiger partial charge in [-0.15, -0.1) is 0 Å². The number of hydrogen-bond acceptors (Lipinski definition) is 3. The zero-order valence-electron chi connectivity index (χ0n) is 23.9. The topological polar surface area (TPSA) is 43.4 Å². The van der Waals surface area contributed by atoms with Gasteiger partial charge in [0.15, 0.2) is 0 Å². The molecule has 0 aromatic heterocycles. The van der Waals surface area contributed by atoms with Crippen molar-refractivity contribution in [2.75, 3.05) is 6.61 Å². The van der Waals surface area contributed by atoms with Gasteiger partial charge in [-0.1, -0.05) is 160 Å². The SMILES string of the molecule is CCCCCCCCCCCCCCOS(=O)(=O)c1ccccc1CCCCCCCCCCCC. The van der Waals surface area contributed by atoms with Crippen LogP contribution in [-0.2, 0) is 20.7 Å². The number of hydrogen-bond donors (Lipinski definition) is 0. The molecule has 210 valence electrons. The zero-order chi connectivity index (χ0) is 26.2. The minimum atomic E-state index is -3.67. The highest BCUT2D eigenvalue weighted by molar-refractivity contribution is 7.86. The van der Waals surface area contributed by atoms with Crippen LogP contribution < -0.4 is 0 Å². The maximum absolute atomic E-state index is 12.8. The van der Waals surface area contributed by atoms with Gasteiger partial charge in [0.05, 0.1) is 11.5 Å². The summed E-state index contributed by atoms with van der Waals surface area (Å²) in [6.45, 7) is 4.82. The van der Waals surface area contributed by atoms with Gasteiger partial charge in [0.25, 0.3) is 10.1 Å². The second-order valence-electron chi connectivity index (χ2n) is 10.7. The summed E-state index contributed by atoms with van der Waals surface area (Å²) in [6.07, 6.45) is 28.9. The van der Waals surface area contributed by atoms with Crippen molar-refractivity contribution in [2.45, 2.75) is 166 Å². The number of unbranched alkanes of at least 4 members (excludes halogenated alkanes) is 20. The van der Waals surface area contributed by atoms with Crippen LogP contribution in [0.25, 0.3) is 0 Å². The zero-order valence-corrected chi connectivity index (χ0v) is 24.7. The van der Waals surface area contributed by atoms with Gasteiger partial charge in [-0.3, -0.25) is 4.18 Å². The average molecular weight is 523 g/mol. The predicted octanol–water partition coefficient (Wildman–Crippen LogP) is 10.6. The van der Waals surface area contributed by atoms with Crippen molar-refractivity contribution >= 4 is 10.1 Å². The summed E-state index contributed by atoms with van der Waals surface area (Å²) < 4.78 is 31.0. The van der Waals surface area contributed by atoms with Gasteiger partial charge in [0.1, 0.15) is 0 Å². The Labute approximate surface area is 225 Å². The average Bonchev–Trinajstić information content (AvgIpc) is 2.88. The Morgan fingerprint density at radius 3 is 1.39 bits per heavy atom. The third-order valence-electron chi connectivity index (χ3n) is 7.28. The van der Waals surface area contributed by atoms with E-state index >= 15 is 0 Å². The Balaban J connectivity index is 2.15. The number of rotatable bonds is 26. The summed E-state index contributed by atoms with van der Waals surface area (Å²) in [5.74, 6) is 0. The van der Waals surface area contributed by atoms with Crippen LogP contribution >= 0.6 is 0 Å². The first-order chi connectivity index (χ1) is 17.6. The van der Waals surface area contributed by atoms with Crippen molar-refractivity contribution in [3.8, 4) is 0 Å². The third kappa shape index (κ3) is 17.6. The van der Waals surface area contributed by atoms with Gasteiger partial charge in [-0.25, -0.2) is 0 Å². The summed E-state index contributed by atoms with van der Waals surface area (Å²) in [6, 6.07) is 7.41. The van der Waals surface area contributed by atoms with E-state index in [4.69, 9.17) is 4.18 Å². The van der Waals surface area contributed by atoms with E-state index in [9.17, 15) is 8.42 Å². The summed E-state index contributed by atoms with van der Waals surface area (Å²) in [5.41, 5.74) is 0.909. The van der Waals surface area contributed by atoms with Crippen molar-refractivity contribution in [1.82, 2.24) is 0 Å². The molecule has 3 nitrogen and oxygen atoms in total. The van der Waals surface area contributed by atoms with Crippen LogP contribution in [0.5, 0.6) is 0 Å². The lowest BCUT2D eigenvalue weighted by molar-refractivity contribution is 0.305. The molecule has 0 bridgehead atoms. The smallest absolute Gasteiger partial charge is 0.266 e. The van der Waals surface area contributed by atoms with Gasteiger partial charge in [0.2, 0.25) is 0 Å². The highest BCUT2D eigenvalue weighted by atomic mass is 32.2. The van der Waals surface area contributed by atoms with E-state index in [1.807, 2.05) is 18.2 Å². The Morgan fingerprint density at radius 1 is 0.528 bits per heavy atom. The fourth-order valence-electron chi connectivity index (χ4n) is 4.93. The van der Waals surface area contributed by atoms with Crippen LogP contribution in [0.1, 0.15) is 161 Å². The van der Waals surface area contributed by atoms with Crippen molar-refractivity contribution in [3.63, 3.8) is 0 Å². The molecule has 0 aliphatic carbocycles. The molecule has 36 heavy (non-hydrogen) atoms. The third-order valence-corrected chi connectivity index (χ3v) is 8.69. The fraction of sp³-hybridized carbons (Fsp3) is 0.812. The minimum absolute atomic E-state index is 0.298. The van der Waals surface area contributed by atoms with E-state index in [2.05, 4.69) is 13.8 Å². The molecule has 1 rings (SSSR count). The van der Waals surface area contributed by atoms with Crippen molar-refractivity contribution < 1.29 is 12.6 Å². The molecular formula is C32H58O3S. The van der Waals surface area contributed by atoms with E-state index in [0.29, 0.717) is 11.5 Å². The number of benzene rings is 1. The van der Waals surface area contributed by atoms with E-state index in [1.54, 1.807) is 6.07 Å². The summed E-state index contributed by atoms with van der Waals surface area (Å²) in [7, 11) is -3.67. The summed E-state index contributed by atoms with van der Waals surface area (Å²) in [5, 5.41) is 0. The molecule has 1 aromatic carbocycles. The lowest BCUT2D eigenvalue weighted by atomic mass is 10.0. The van der Waals surface area contributed by atoms with Crippen LogP contribution in [0.15, 0.2) is 29.2 Å². The fourth-order valence-corrected chi connectivity index (χ4v) is 6.13. The molecule has 0 spiro atoms. The maximum atomic E-state index is 12.8. The molecule has 0 heterocycles. The molecule has 0 aliphatic heterocycles. The Bertz CT molecular complexity index is 714. The standard InChI is InChI=1S/C32H58O3S/c1-3-5-7-9-11-13-15-16-18-20-22-26-30-35-36(33,34)32-29-25-24-28-31(32)27-23-21-19-17-14-12-10-8-6-4-2/h24-25,28-29H,3-23,26-27,30H2,1-2H3. The van der Waals surface area contributed by atoms with Crippen molar-refractivity contribution in [1.29, 1.82) is 0 Å². The van der Waals surface area contributed by atoms with Crippen molar-refractivity contribution in [3.05, 3.63) is 29.8 Å². The Hall–Kier alpha value is -0.870. The van der Waals surface area contributed by atoms with Gasteiger partial charge in [-0.05, 0) is 30.9 Å². The highest BCUT2D eigenvalue weighted by Crippen LogP contribution is 2.21. The molecule has 0 unspecified atom stereocenters. The van der Waals surface area contributed by atoms with Crippen LogP contribution in [0.2, 0.25) is 0 Å². The molecule has 0 saturated heterocycles. The quantitative estimate of drug-likeness (QED) is 0.0897. The first-order valence-electron chi connectivity index (χ1n) is 15.6. The molecule has 0 atom stereocenters. The molecule has 0 saturated carbocycles. The molecular weight excluding hydrogens is 464 g/mol. The van der Waals surface area contributed by atoms with E-state index < -0.39 is 10.1 Å². The monoisotopic (exact) mass is 522 g/mol. The van der Waals surface area contributed by atoms with Crippen LogP contribution in [-0.4, -0.2) is 15.0 Å². The molecule has 1 aromatic rings. The van der Waals surface area contributed by atoms with Gasteiger partial charge in [0, 0.05) is 0 Å². The van der Waals surface area contributed by atoms with Gasteiger partial charge >= 0.3 is 0 Å². The summed E-state index contributed by atoms with van der Waals surface area (Å²) in [4.78, 5) is 0.375. The Morgan fingerprint density at radius 2 is 0.917 bits per heavy atom. The lowest BCUT2D eigenvalue weighted by Gasteiger charge is -2.11. The van der Waals surface area contributed by atoms with E-state index in [0.717, 1.165) is 31.2 Å². The van der Waals surface area contributed by atoms with Crippen LogP contribution in [0, 0.1) is 0 Å². The number of aryl methyl sites for hydroxylation is 1. The minimum Gasteiger partial charge on any atom is -0.266 e. The van der Waals surface area contributed by atoms with Crippen LogP contribution in [0.4, 0.5) is 0 Å². The molecule has 0 radical (unpaired) electrons. The van der Waals surface area contributed by atoms with Crippen LogP contribution in [0.3, 0.4) is 0 Å². The lowest BCUT2D eigenvalue weighted by Crippen LogP contribution is -2.10.